The van der Waals surface area contributed by atoms with Gasteiger partial charge in [-0.25, -0.2) is 0 Å². The van der Waals surface area contributed by atoms with Crippen molar-refractivity contribution in [2.75, 3.05) is 19.6 Å². The summed E-state index contributed by atoms with van der Waals surface area (Å²) in [6.07, 6.45) is 3.23. The summed E-state index contributed by atoms with van der Waals surface area (Å²) in [4.78, 5) is 2.47. The van der Waals surface area contributed by atoms with Crippen molar-refractivity contribution in [2.24, 2.45) is 11.7 Å². The number of aliphatic hydroxyl groups excluding tert-OH is 1. The molecular formula is C11H24N2O. The number of nitrogens with zero attached hydrogens (tertiary/aromatic N) is 1. The van der Waals surface area contributed by atoms with Crippen molar-refractivity contribution in [3.8, 4) is 0 Å². The van der Waals surface area contributed by atoms with Gasteiger partial charge in [-0.1, -0.05) is 6.92 Å². The first-order valence-electron chi connectivity index (χ1n) is 5.81. The Bertz CT molecular complexity index is 149. The van der Waals surface area contributed by atoms with Crippen molar-refractivity contribution in [3.05, 3.63) is 0 Å². The number of nitrogens with two attached hydrogens (primary N) is 1. The van der Waals surface area contributed by atoms with E-state index in [1.165, 1.54) is 0 Å². The van der Waals surface area contributed by atoms with Gasteiger partial charge in [-0.3, -0.25) is 4.90 Å². The molecule has 0 aromatic carbocycles. The first-order valence-corrected chi connectivity index (χ1v) is 5.81. The smallest absolute Gasteiger partial charge is 0.0541 e. The van der Waals surface area contributed by atoms with Gasteiger partial charge in [-0.05, 0) is 45.2 Å². The average Bonchev–Trinajstić information content (AvgIpc) is 2.20. The summed E-state index contributed by atoms with van der Waals surface area (Å²) in [5.74, 6) is 0.501. The van der Waals surface area contributed by atoms with E-state index in [4.69, 9.17) is 5.73 Å². The van der Waals surface area contributed by atoms with Crippen molar-refractivity contribution < 1.29 is 5.11 Å². The molecule has 1 heterocycles. The molecular weight excluding hydrogens is 176 g/mol. The number of hydrogen-bond acceptors (Lipinski definition) is 3. The van der Waals surface area contributed by atoms with E-state index in [0.717, 1.165) is 38.9 Å². The van der Waals surface area contributed by atoms with Crippen LogP contribution < -0.4 is 5.73 Å². The lowest BCUT2D eigenvalue weighted by Crippen LogP contribution is -2.46. The number of rotatable bonds is 4. The zero-order chi connectivity index (χ0) is 10.6. The molecule has 84 valence electrons. The first-order chi connectivity index (χ1) is 6.69. The van der Waals surface area contributed by atoms with E-state index in [1.54, 1.807) is 0 Å². The lowest BCUT2D eigenvalue weighted by molar-refractivity contribution is 0.0563. The Morgan fingerprint density at radius 2 is 2.00 bits per heavy atom. The van der Waals surface area contributed by atoms with Gasteiger partial charge in [0.1, 0.15) is 0 Å². The molecule has 0 aliphatic carbocycles. The second-order valence-corrected chi connectivity index (χ2v) is 4.41. The monoisotopic (exact) mass is 200 g/mol. The topological polar surface area (TPSA) is 49.5 Å². The number of piperidine rings is 1. The normalized spacial score (nSPS) is 24.9. The molecule has 1 aliphatic rings. The predicted octanol–water partition coefficient (Wildman–Crippen LogP) is 0.816. The molecule has 3 nitrogen and oxygen atoms in total. The average molecular weight is 200 g/mol. The number of likely N-dealkylation sites (tertiary alicyclic amines) is 1. The third kappa shape index (κ3) is 2.94. The molecule has 14 heavy (non-hydrogen) atoms. The van der Waals surface area contributed by atoms with Gasteiger partial charge >= 0.3 is 0 Å². The molecule has 0 radical (unpaired) electrons. The molecule has 0 aromatic heterocycles. The first kappa shape index (κ1) is 12.0. The summed E-state index contributed by atoms with van der Waals surface area (Å²) >= 11 is 0. The maximum Gasteiger partial charge on any atom is 0.0541 e. The fourth-order valence-corrected chi connectivity index (χ4v) is 2.34. The molecule has 0 amide bonds. The minimum Gasteiger partial charge on any atom is -0.393 e. The maximum atomic E-state index is 9.47. The SMILES string of the molecule is CCC(CN)N1CCC(C(C)O)CC1. The van der Waals surface area contributed by atoms with Crippen LogP contribution in [0.3, 0.4) is 0 Å². The Labute approximate surface area is 87.3 Å². The Balaban J connectivity index is 2.34. The Hall–Kier alpha value is -0.120. The predicted molar refractivity (Wildman–Crippen MR) is 59.1 cm³/mol. The Kier molecular flexibility index (Phi) is 4.85. The van der Waals surface area contributed by atoms with Crippen LogP contribution in [0.5, 0.6) is 0 Å². The van der Waals surface area contributed by atoms with E-state index >= 15 is 0 Å². The van der Waals surface area contributed by atoms with Crippen LogP contribution in [0.25, 0.3) is 0 Å². The van der Waals surface area contributed by atoms with Crippen molar-refractivity contribution in [1.29, 1.82) is 0 Å². The summed E-state index contributed by atoms with van der Waals surface area (Å²) < 4.78 is 0. The van der Waals surface area contributed by atoms with E-state index in [1.807, 2.05) is 6.92 Å². The fourth-order valence-electron chi connectivity index (χ4n) is 2.34. The number of hydrogen-bond donors (Lipinski definition) is 2. The van der Waals surface area contributed by atoms with Crippen LogP contribution in [0, 0.1) is 5.92 Å². The molecule has 2 atom stereocenters. The molecule has 1 aliphatic heterocycles. The van der Waals surface area contributed by atoms with Gasteiger partial charge in [-0.2, -0.15) is 0 Å². The van der Waals surface area contributed by atoms with Gasteiger partial charge in [0, 0.05) is 12.6 Å². The van der Waals surface area contributed by atoms with Crippen LogP contribution in [0.4, 0.5) is 0 Å². The van der Waals surface area contributed by atoms with Crippen LogP contribution in [0.1, 0.15) is 33.1 Å². The fraction of sp³-hybridized carbons (Fsp3) is 1.00. The van der Waals surface area contributed by atoms with E-state index in [2.05, 4.69) is 11.8 Å². The third-order valence-electron chi connectivity index (χ3n) is 3.52. The lowest BCUT2D eigenvalue weighted by Gasteiger charge is -2.37. The van der Waals surface area contributed by atoms with Crippen LogP contribution in [-0.4, -0.2) is 41.8 Å². The molecule has 1 fully saturated rings. The van der Waals surface area contributed by atoms with Gasteiger partial charge < -0.3 is 10.8 Å². The highest BCUT2D eigenvalue weighted by atomic mass is 16.3. The van der Waals surface area contributed by atoms with Gasteiger partial charge in [0.2, 0.25) is 0 Å². The van der Waals surface area contributed by atoms with Crippen LogP contribution in [0.2, 0.25) is 0 Å². The molecule has 0 saturated carbocycles. The van der Waals surface area contributed by atoms with E-state index in [-0.39, 0.29) is 6.10 Å². The molecule has 2 unspecified atom stereocenters. The molecule has 1 rings (SSSR count). The van der Waals surface area contributed by atoms with Crippen molar-refractivity contribution >= 4 is 0 Å². The summed E-state index contributed by atoms with van der Waals surface area (Å²) in [5, 5.41) is 9.47. The molecule has 1 saturated heterocycles. The van der Waals surface area contributed by atoms with Crippen molar-refractivity contribution in [2.45, 2.75) is 45.3 Å². The van der Waals surface area contributed by atoms with E-state index in [0.29, 0.717) is 12.0 Å². The summed E-state index contributed by atoms with van der Waals surface area (Å²) in [6.45, 7) is 7.06. The van der Waals surface area contributed by atoms with Gasteiger partial charge in [0.15, 0.2) is 0 Å². The Morgan fingerprint density at radius 1 is 1.43 bits per heavy atom. The van der Waals surface area contributed by atoms with Gasteiger partial charge in [0.25, 0.3) is 0 Å². The molecule has 3 N–H and O–H groups in total. The molecule has 3 heteroatoms. The molecule has 0 aromatic rings. The third-order valence-corrected chi connectivity index (χ3v) is 3.52. The highest BCUT2D eigenvalue weighted by molar-refractivity contribution is 4.80. The minimum atomic E-state index is -0.143. The molecule has 0 bridgehead atoms. The van der Waals surface area contributed by atoms with E-state index in [9.17, 15) is 5.11 Å². The lowest BCUT2D eigenvalue weighted by atomic mass is 9.91. The summed E-state index contributed by atoms with van der Waals surface area (Å²) in [5.41, 5.74) is 5.72. The quantitative estimate of drug-likeness (QED) is 0.706. The van der Waals surface area contributed by atoms with Crippen LogP contribution in [0.15, 0.2) is 0 Å². The van der Waals surface area contributed by atoms with Crippen molar-refractivity contribution in [1.82, 2.24) is 4.90 Å². The second-order valence-electron chi connectivity index (χ2n) is 4.41. The van der Waals surface area contributed by atoms with Crippen molar-refractivity contribution in [3.63, 3.8) is 0 Å². The highest BCUT2D eigenvalue weighted by Crippen LogP contribution is 2.22. The van der Waals surface area contributed by atoms with Gasteiger partial charge in [-0.15, -0.1) is 0 Å². The maximum absolute atomic E-state index is 9.47. The number of aliphatic hydroxyl groups is 1. The summed E-state index contributed by atoms with van der Waals surface area (Å²) in [7, 11) is 0. The van der Waals surface area contributed by atoms with E-state index < -0.39 is 0 Å². The zero-order valence-electron chi connectivity index (χ0n) is 9.45. The zero-order valence-corrected chi connectivity index (χ0v) is 9.45. The second kappa shape index (κ2) is 5.69. The minimum absolute atomic E-state index is 0.143. The Morgan fingerprint density at radius 3 is 2.36 bits per heavy atom. The van der Waals surface area contributed by atoms with Gasteiger partial charge in [0.05, 0.1) is 6.10 Å². The van der Waals surface area contributed by atoms with Crippen LogP contribution in [-0.2, 0) is 0 Å². The highest BCUT2D eigenvalue weighted by Gasteiger charge is 2.25. The largest absolute Gasteiger partial charge is 0.393 e. The summed E-state index contributed by atoms with van der Waals surface area (Å²) in [6, 6.07) is 0.546. The van der Waals surface area contributed by atoms with Crippen LogP contribution >= 0.6 is 0 Å². The molecule has 0 spiro atoms. The standard InChI is InChI=1S/C11H24N2O/c1-3-11(8-12)13-6-4-10(5-7-13)9(2)14/h9-11,14H,3-8,12H2,1-2H3.